The zero-order valence-electron chi connectivity index (χ0n) is 13.3. The van der Waals surface area contributed by atoms with Crippen LogP contribution in [-0.4, -0.2) is 54.0 Å². The molecule has 3 rings (SSSR count). The number of nitrogens with zero attached hydrogens (tertiary/aromatic N) is 2. The largest absolute Gasteiger partial charge is 0.352 e. The van der Waals surface area contributed by atoms with Crippen molar-refractivity contribution in [3.8, 4) is 6.07 Å². The topological polar surface area (TPSA) is 85.2 Å². The van der Waals surface area contributed by atoms with Gasteiger partial charge in [0, 0.05) is 31.0 Å². The molecule has 2 amide bonds. The third-order valence-electron chi connectivity index (χ3n) is 4.41. The molecule has 2 atom stereocenters. The van der Waals surface area contributed by atoms with Crippen molar-refractivity contribution in [2.75, 3.05) is 31.3 Å². The molecule has 0 aromatic heterocycles. The molecular weight excluding hydrogens is 324 g/mol. The SMILES string of the molecule is N#Cc1ccc(C(=O)NCC2CN[C@H](C(=O)N3CCSC3)C2)cc1. The molecule has 2 heterocycles. The molecule has 2 saturated heterocycles. The normalized spacial score (nSPS) is 23.0. The highest BCUT2D eigenvalue weighted by Gasteiger charge is 2.33. The molecule has 24 heavy (non-hydrogen) atoms. The van der Waals surface area contributed by atoms with Gasteiger partial charge in [-0.25, -0.2) is 0 Å². The molecule has 1 unspecified atom stereocenters. The van der Waals surface area contributed by atoms with E-state index in [1.807, 2.05) is 11.0 Å². The van der Waals surface area contributed by atoms with Gasteiger partial charge in [0.1, 0.15) is 0 Å². The summed E-state index contributed by atoms with van der Waals surface area (Å²) in [6.45, 7) is 2.12. The van der Waals surface area contributed by atoms with Crippen molar-refractivity contribution in [3.05, 3.63) is 35.4 Å². The van der Waals surface area contributed by atoms with Gasteiger partial charge in [0.2, 0.25) is 5.91 Å². The van der Waals surface area contributed by atoms with E-state index in [2.05, 4.69) is 10.6 Å². The van der Waals surface area contributed by atoms with E-state index < -0.39 is 0 Å². The lowest BCUT2D eigenvalue weighted by Gasteiger charge is -2.19. The van der Waals surface area contributed by atoms with E-state index >= 15 is 0 Å². The quantitative estimate of drug-likeness (QED) is 0.844. The number of nitriles is 1. The second-order valence-corrected chi connectivity index (χ2v) is 7.18. The number of amides is 2. The Kier molecular flexibility index (Phi) is 5.38. The number of nitrogens with one attached hydrogen (secondary N) is 2. The van der Waals surface area contributed by atoms with Gasteiger partial charge in [-0.3, -0.25) is 9.59 Å². The summed E-state index contributed by atoms with van der Waals surface area (Å²) in [6, 6.07) is 8.48. The Morgan fingerprint density at radius 1 is 1.38 bits per heavy atom. The molecule has 0 aliphatic carbocycles. The highest BCUT2D eigenvalue weighted by atomic mass is 32.2. The van der Waals surface area contributed by atoms with Gasteiger partial charge in [-0.05, 0) is 36.6 Å². The van der Waals surface area contributed by atoms with E-state index in [9.17, 15) is 9.59 Å². The zero-order valence-corrected chi connectivity index (χ0v) is 14.1. The summed E-state index contributed by atoms with van der Waals surface area (Å²) < 4.78 is 0. The Labute approximate surface area is 145 Å². The number of hydrogen-bond acceptors (Lipinski definition) is 5. The zero-order chi connectivity index (χ0) is 16.9. The molecule has 2 N–H and O–H groups in total. The van der Waals surface area contributed by atoms with Gasteiger partial charge in [0.05, 0.1) is 23.6 Å². The van der Waals surface area contributed by atoms with E-state index in [1.165, 1.54) is 0 Å². The lowest BCUT2D eigenvalue weighted by molar-refractivity contribution is -0.131. The predicted molar refractivity (Wildman–Crippen MR) is 92.4 cm³/mol. The second-order valence-electron chi connectivity index (χ2n) is 6.10. The summed E-state index contributed by atoms with van der Waals surface area (Å²) in [7, 11) is 0. The van der Waals surface area contributed by atoms with Crippen molar-refractivity contribution in [2.24, 2.45) is 5.92 Å². The Bertz CT molecular complexity index is 650. The Morgan fingerprint density at radius 3 is 2.83 bits per heavy atom. The van der Waals surface area contributed by atoms with Crippen LogP contribution >= 0.6 is 11.8 Å². The van der Waals surface area contributed by atoms with E-state index in [-0.39, 0.29) is 23.8 Å². The lowest BCUT2D eigenvalue weighted by atomic mass is 10.0. The van der Waals surface area contributed by atoms with Gasteiger partial charge in [-0.1, -0.05) is 0 Å². The van der Waals surface area contributed by atoms with Gasteiger partial charge < -0.3 is 15.5 Å². The first-order valence-corrected chi connectivity index (χ1v) is 9.21. The summed E-state index contributed by atoms with van der Waals surface area (Å²) >= 11 is 1.78. The number of hydrogen-bond donors (Lipinski definition) is 2. The highest BCUT2D eigenvalue weighted by molar-refractivity contribution is 7.99. The minimum atomic E-state index is -0.148. The minimum absolute atomic E-state index is 0.125. The summed E-state index contributed by atoms with van der Waals surface area (Å²) in [5, 5.41) is 15.0. The maximum absolute atomic E-state index is 12.3. The van der Waals surface area contributed by atoms with E-state index in [4.69, 9.17) is 5.26 Å². The molecule has 0 saturated carbocycles. The number of thioether (sulfide) groups is 1. The van der Waals surface area contributed by atoms with Crippen LogP contribution in [0.4, 0.5) is 0 Å². The summed E-state index contributed by atoms with van der Waals surface area (Å²) in [5.41, 5.74) is 1.08. The van der Waals surface area contributed by atoms with Crippen molar-refractivity contribution in [1.82, 2.24) is 15.5 Å². The molecule has 2 fully saturated rings. The van der Waals surface area contributed by atoms with Crippen LogP contribution in [0.3, 0.4) is 0 Å². The van der Waals surface area contributed by atoms with Crippen LogP contribution in [0.25, 0.3) is 0 Å². The number of rotatable bonds is 4. The predicted octanol–water partition coefficient (Wildman–Crippen LogP) is 0.799. The van der Waals surface area contributed by atoms with Crippen molar-refractivity contribution in [2.45, 2.75) is 12.5 Å². The molecule has 1 aromatic carbocycles. The van der Waals surface area contributed by atoms with E-state index in [0.717, 1.165) is 31.1 Å². The van der Waals surface area contributed by atoms with Crippen LogP contribution in [0.5, 0.6) is 0 Å². The Hall–Kier alpha value is -2.04. The van der Waals surface area contributed by atoms with Gasteiger partial charge in [-0.15, -0.1) is 11.8 Å². The summed E-state index contributed by atoms with van der Waals surface area (Å²) in [6.07, 6.45) is 0.758. The van der Waals surface area contributed by atoms with Crippen LogP contribution in [0.15, 0.2) is 24.3 Å². The number of carbonyl (C=O) groups is 2. The minimum Gasteiger partial charge on any atom is -0.352 e. The fourth-order valence-corrected chi connectivity index (χ4v) is 3.95. The average Bonchev–Trinajstić information content (AvgIpc) is 3.31. The van der Waals surface area contributed by atoms with E-state index in [0.29, 0.717) is 17.7 Å². The first-order valence-electron chi connectivity index (χ1n) is 8.05. The molecule has 1 aromatic rings. The molecule has 0 radical (unpaired) electrons. The first kappa shape index (κ1) is 16.8. The van der Waals surface area contributed by atoms with Crippen molar-refractivity contribution >= 4 is 23.6 Å². The van der Waals surface area contributed by atoms with Crippen LogP contribution in [0.1, 0.15) is 22.3 Å². The third-order valence-corrected chi connectivity index (χ3v) is 5.38. The number of carbonyl (C=O) groups excluding carboxylic acids is 2. The smallest absolute Gasteiger partial charge is 0.251 e. The second kappa shape index (κ2) is 7.69. The third kappa shape index (κ3) is 3.89. The first-order chi connectivity index (χ1) is 11.7. The van der Waals surface area contributed by atoms with Gasteiger partial charge in [0.15, 0.2) is 0 Å². The maximum atomic E-state index is 12.3. The maximum Gasteiger partial charge on any atom is 0.251 e. The van der Waals surface area contributed by atoms with Crippen LogP contribution in [0, 0.1) is 17.2 Å². The summed E-state index contributed by atoms with van der Waals surface area (Å²) in [5.74, 6) is 2.10. The highest BCUT2D eigenvalue weighted by Crippen LogP contribution is 2.20. The molecule has 0 bridgehead atoms. The Balaban J connectivity index is 1.46. The van der Waals surface area contributed by atoms with E-state index in [1.54, 1.807) is 36.0 Å². The molecule has 6 nitrogen and oxygen atoms in total. The van der Waals surface area contributed by atoms with Crippen molar-refractivity contribution in [1.29, 1.82) is 5.26 Å². The van der Waals surface area contributed by atoms with Crippen molar-refractivity contribution in [3.63, 3.8) is 0 Å². The molecule has 0 spiro atoms. The summed E-state index contributed by atoms with van der Waals surface area (Å²) in [4.78, 5) is 26.4. The molecular formula is C17H20N4O2S. The van der Waals surface area contributed by atoms with Gasteiger partial charge >= 0.3 is 0 Å². The van der Waals surface area contributed by atoms with Gasteiger partial charge in [0.25, 0.3) is 5.91 Å². The Morgan fingerprint density at radius 2 is 2.17 bits per heavy atom. The van der Waals surface area contributed by atoms with Gasteiger partial charge in [-0.2, -0.15) is 5.26 Å². The fourth-order valence-electron chi connectivity index (χ4n) is 3.00. The molecule has 2 aliphatic heterocycles. The molecule has 126 valence electrons. The monoisotopic (exact) mass is 344 g/mol. The number of benzene rings is 1. The van der Waals surface area contributed by atoms with Crippen molar-refractivity contribution < 1.29 is 9.59 Å². The van der Waals surface area contributed by atoms with Crippen LogP contribution < -0.4 is 10.6 Å². The lowest BCUT2D eigenvalue weighted by Crippen LogP contribution is -2.42. The van der Waals surface area contributed by atoms with Crippen LogP contribution in [-0.2, 0) is 4.79 Å². The fraction of sp³-hybridized carbons (Fsp3) is 0.471. The average molecular weight is 344 g/mol. The molecule has 2 aliphatic rings. The standard InChI is InChI=1S/C17H20N4O2S/c18-8-12-1-3-14(4-2-12)16(22)20-10-13-7-15(19-9-13)17(23)21-5-6-24-11-21/h1-4,13,15,19H,5-7,9-11H2,(H,20,22)/t13?,15-/m0/s1. The van der Waals surface area contributed by atoms with Crippen LogP contribution in [0.2, 0.25) is 0 Å². The molecule has 7 heteroatoms.